The van der Waals surface area contributed by atoms with Crippen LogP contribution in [0.25, 0.3) is 0 Å². The van der Waals surface area contributed by atoms with E-state index in [2.05, 4.69) is 17.3 Å². The SMILES string of the molecule is ClC12ON=C3CCCC31C1C=CC2C1. The molecule has 2 fully saturated rings. The van der Waals surface area contributed by atoms with Crippen LogP contribution in [0.1, 0.15) is 25.7 Å². The zero-order chi connectivity index (χ0) is 9.39. The van der Waals surface area contributed by atoms with E-state index in [1.807, 2.05) is 0 Å². The molecule has 4 aliphatic rings. The summed E-state index contributed by atoms with van der Waals surface area (Å²) in [5.41, 5.74) is 1.32. The van der Waals surface area contributed by atoms with Crippen molar-refractivity contribution in [3.05, 3.63) is 12.2 Å². The van der Waals surface area contributed by atoms with E-state index in [-0.39, 0.29) is 5.41 Å². The van der Waals surface area contributed by atoms with Gasteiger partial charge in [0.25, 0.3) is 0 Å². The van der Waals surface area contributed by atoms with Gasteiger partial charge in [-0.25, -0.2) is 0 Å². The van der Waals surface area contributed by atoms with Crippen molar-refractivity contribution in [3.8, 4) is 0 Å². The maximum Gasteiger partial charge on any atom is 0.227 e. The summed E-state index contributed by atoms with van der Waals surface area (Å²) in [6, 6.07) is 0. The molecule has 0 amide bonds. The Hall–Kier alpha value is -0.500. The predicted molar refractivity (Wildman–Crippen MR) is 54.1 cm³/mol. The third kappa shape index (κ3) is 0.539. The van der Waals surface area contributed by atoms with Crippen LogP contribution < -0.4 is 0 Å². The lowest BCUT2D eigenvalue weighted by Crippen LogP contribution is -2.46. The summed E-state index contributed by atoms with van der Waals surface area (Å²) in [6.07, 6.45) is 9.21. The van der Waals surface area contributed by atoms with Gasteiger partial charge in [0.1, 0.15) is 0 Å². The van der Waals surface area contributed by atoms with E-state index in [1.165, 1.54) is 25.0 Å². The first-order valence-corrected chi connectivity index (χ1v) is 5.78. The van der Waals surface area contributed by atoms with E-state index < -0.39 is 5.06 Å². The zero-order valence-electron chi connectivity index (χ0n) is 7.87. The molecule has 14 heavy (non-hydrogen) atoms. The second kappa shape index (κ2) is 2.04. The second-order valence-electron chi connectivity index (χ2n) is 4.93. The molecule has 0 N–H and O–H groups in total. The third-order valence-electron chi connectivity index (χ3n) is 4.59. The molecule has 4 atom stereocenters. The molecule has 4 unspecified atom stereocenters. The van der Waals surface area contributed by atoms with Crippen LogP contribution in [-0.2, 0) is 4.84 Å². The molecule has 2 nitrogen and oxygen atoms in total. The number of halogens is 1. The van der Waals surface area contributed by atoms with Crippen LogP contribution in [0.3, 0.4) is 0 Å². The first-order chi connectivity index (χ1) is 6.77. The van der Waals surface area contributed by atoms with Crippen LogP contribution in [0.15, 0.2) is 17.3 Å². The molecule has 0 radical (unpaired) electrons. The minimum absolute atomic E-state index is 0.0774. The van der Waals surface area contributed by atoms with Crippen LogP contribution in [-0.4, -0.2) is 10.8 Å². The van der Waals surface area contributed by atoms with Gasteiger partial charge in [0.05, 0.1) is 11.1 Å². The van der Waals surface area contributed by atoms with Crippen molar-refractivity contribution >= 4 is 17.3 Å². The van der Waals surface area contributed by atoms with E-state index in [9.17, 15) is 0 Å². The van der Waals surface area contributed by atoms with Crippen molar-refractivity contribution in [1.29, 1.82) is 0 Å². The number of fused-ring (bicyclic) bond motifs is 3. The highest BCUT2D eigenvalue weighted by atomic mass is 35.5. The van der Waals surface area contributed by atoms with E-state index in [0.29, 0.717) is 11.8 Å². The van der Waals surface area contributed by atoms with E-state index in [4.69, 9.17) is 16.4 Å². The van der Waals surface area contributed by atoms with Crippen molar-refractivity contribution in [3.63, 3.8) is 0 Å². The van der Waals surface area contributed by atoms with Gasteiger partial charge < -0.3 is 4.84 Å². The molecule has 1 spiro atoms. The average Bonchev–Trinajstić information content (AvgIpc) is 2.83. The Morgan fingerprint density at radius 2 is 2.29 bits per heavy atom. The van der Waals surface area contributed by atoms with Crippen molar-refractivity contribution < 1.29 is 4.84 Å². The number of oxime groups is 1. The molecule has 1 aliphatic heterocycles. The number of rotatable bonds is 0. The van der Waals surface area contributed by atoms with Crippen LogP contribution >= 0.6 is 11.6 Å². The number of allylic oxidation sites excluding steroid dienone is 1. The van der Waals surface area contributed by atoms with Crippen LogP contribution in [0.5, 0.6) is 0 Å². The molecular formula is C11H12ClNO. The summed E-state index contributed by atoms with van der Waals surface area (Å²) in [5.74, 6) is 0.974. The van der Waals surface area contributed by atoms with Crippen molar-refractivity contribution in [2.45, 2.75) is 30.7 Å². The summed E-state index contributed by atoms with van der Waals surface area (Å²) in [5, 5.41) is 3.71. The first kappa shape index (κ1) is 7.75. The minimum Gasteiger partial charge on any atom is -0.371 e. The largest absolute Gasteiger partial charge is 0.371 e. The molecule has 0 aromatic heterocycles. The fourth-order valence-electron chi connectivity index (χ4n) is 3.99. The monoisotopic (exact) mass is 209 g/mol. The van der Waals surface area contributed by atoms with Crippen molar-refractivity contribution in [2.24, 2.45) is 22.4 Å². The fourth-order valence-corrected chi connectivity index (χ4v) is 4.53. The molecule has 2 bridgehead atoms. The summed E-state index contributed by atoms with van der Waals surface area (Å²) in [7, 11) is 0. The topological polar surface area (TPSA) is 21.6 Å². The van der Waals surface area contributed by atoms with Gasteiger partial charge in [-0.1, -0.05) is 28.9 Å². The Morgan fingerprint density at radius 1 is 1.43 bits per heavy atom. The summed E-state index contributed by atoms with van der Waals surface area (Å²) < 4.78 is 0. The highest BCUT2D eigenvalue weighted by molar-refractivity contribution is 6.27. The van der Waals surface area contributed by atoms with E-state index in [0.717, 1.165) is 6.42 Å². The van der Waals surface area contributed by atoms with Gasteiger partial charge in [0.15, 0.2) is 0 Å². The predicted octanol–water partition coefficient (Wildman–Crippen LogP) is 2.68. The minimum atomic E-state index is -0.516. The molecule has 74 valence electrons. The number of alkyl halides is 1. The molecule has 0 saturated heterocycles. The van der Waals surface area contributed by atoms with Gasteiger partial charge in [0.2, 0.25) is 5.06 Å². The molecule has 3 heteroatoms. The summed E-state index contributed by atoms with van der Waals surface area (Å²) in [6.45, 7) is 0. The molecule has 4 rings (SSSR count). The standard InChI is InChI=1S/C11H12ClNO/c12-11-8-4-3-7(6-8)10(11)5-1-2-9(10)13-14-11/h3-4,7-8H,1-2,5-6H2. The van der Waals surface area contributed by atoms with Gasteiger partial charge in [0, 0.05) is 5.92 Å². The quantitative estimate of drug-likeness (QED) is 0.444. The Kier molecular flexibility index (Phi) is 1.13. The summed E-state index contributed by atoms with van der Waals surface area (Å²) in [4.78, 5) is 5.56. The third-order valence-corrected chi connectivity index (χ3v) is 5.28. The first-order valence-electron chi connectivity index (χ1n) is 5.40. The van der Waals surface area contributed by atoms with Crippen LogP contribution in [0, 0.1) is 17.3 Å². The van der Waals surface area contributed by atoms with Crippen molar-refractivity contribution in [1.82, 2.24) is 0 Å². The van der Waals surface area contributed by atoms with Crippen LogP contribution in [0.2, 0.25) is 0 Å². The lowest BCUT2D eigenvalue weighted by Gasteiger charge is -2.37. The number of hydrogen-bond donors (Lipinski definition) is 0. The van der Waals surface area contributed by atoms with Crippen LogP contribution in [0.4, 0.5) is 0 Å². The smallest absolute Gasteiger partial charge is 0.227 e. The molecule has 0 aromatic rings. The lowest BCUT2D eigenvalue weighted by molar-refractivity contribution is -0.0246. The Labute approximate surface area is 87.9 Å². The Morgan fingerprint density at radius 3 is 3.21 bits per heavy atom. The van der Waals surface area contributed by atoms with Crippen molar-refractivity contribution in [2.75, 3.05) is 0 Å². The lowest BCUT2D eigenvalue weighted by atomic mass is 9.71. The maximum atomic E-state index is 6.67. The molecule has 2 saturated carbocycles. The van der Waals surface area contributed by atoms with Gasteiger partial charge in [-0.2, -0.15) is 0 Å². The van der Waals surface area contributed by atoms with E-state index in [1.54, 1.807) is 0 Å². The molecule has 1 heterocycles. The van der Waals surface area contributed by atoms with Gasteiger partial charge in [-0.15, -0.1) is 0 Å². The maximum absolute atomic E-state index is 6.67. The second-order valence-corrected chi connectivity index (χ2v) is 5.49. The molecule has 0 aromatic carbocycles. The number of hydrogen-bond acceptors (Lipinski definition) is 2. The highest BCUT2D eigenvalue weighted by Crippen LogP contribution is 2.69. The zero-order valence-corrected chi connectivity index (χ0v) is 8.63. The summed E-state index contributed by atoms with van der Waals surface area (Å²) >= 11 is 6.67. The fraction of sp³-hybridized carbons (Fsp3) is 0.727. The highest BCUT2D eigenvalue weighted by Gasteiger charge is 2.73. The Bertz CT molecular complexity index is 377. The normalized spacial score (nSPS) is 57.1. The van der Waals surface area contributed by atoms with Gasteiger partial charge in [-0.3, -0.25) is 0 Å². The van der Waals surface area contributed by atoms with E-state index >= 15 is 0 Å². The van der Waals surface area contributed by atoms with Gasteiger partial charge >= 0.3 is 0 Å². The molecule has 3 aliphatic carbocycles. The Balaban J connectivity index is 1.98. The molecular weight excluding hydrogens is 198 g/mol. The van der Waals surface area contributed by atoms with Gasteiger partial charge in [-0.05, 0) is 31.6 Å². The number of nitrogens with zero attached hydrogens (tertiary/aromatic N) is 1. The average molecular weight is 210 g/mol.